The number of benzene rings is 1. The summed E-state index contributed by atoms with van der Waals surface area (Å²) in [6, 6.07) is 10.7. The summed E-state index contributed by atoms with van der Waals surface area (Å²) in [5, 5.41) is 8.05. The van der Waals surface area contributed by atoms with E-state index in [1.807, 2.05) is 24.3 Å². The zero-order valence-electron chi connectivity index (χ0n) is 11.3. The topological polar surface area (TPSA) is 43.6 Å². The van der Waals surface area contributed by atoms with Crippen molar-refractivity contribution in [1.82, 2.24) is 20.0 Å². The van der Waals surface area contributed by atoms with Gasteiger partial charge in [0.25, 0.3) is 0 Å². The normalized spacial score (nSPS) is 14.4. The molecule has 0 spiro atoms. The van der Waals surface area contributed by atoms with Gasteiger partial charge in [0.15, 0.2) is 5.82 Å². The fourth-order valence-electron chi connectivity index (χ4n) is 1.55. The van der Waals surface area contributed by atoms with E-state index in [4.69, 9.17) is 4.11 Å². The second-order valence-corrected chi connectivity index (χ2v) is 3.40. The molecule has 4 heteroatoms. The molecular formula is C12H10N4. The van der Waals surface area contributed by atoms with Crippen molar-refractivity contribution < 1.29 is 4.11 Å². The quantitative estimate of drug-likeness (QED) is 0.622. The molecule has 2 aromatic heterocycles. The first kappa shape index (κ1) is 6.37. The Balaban J connectivity index is 2.07. The van der Waals surface area contributed by atoms with Gasteiger partial charge in [-0.2, -0.15) is 4.68 Å². The fraction of sp³-hybridized carbons (Fsp3) is 0.0833. The van der Waals surface area contributed by atoms with Gasteiger partial charge < -0.3 is 0 Å². The van der Waals surface area contributed by atoms with Gasteiger partial charge in [0.2, 0.25) is 0 Å². The van der Waals surface area contributed by atoms with Gasteiger partial charge in [-0.25, -0.2) is 4.98 Å². The van der Waals surface area contributed by atoms with Crippen molar-refractivity contribution in [3.8, 4) is 5.82 Å². The van der Waals surface area contributed by atoms with Crippen molar-refractivity contribution in [3.05, 3.63) is 48.2 Å². The van der Waals surface area contributed by atoms with E-state index in [2.05, 4.69) is 15.3 Å². The second kappa shape index (κ2) is 3.41. The van der Waals surface area contributed by atoms with E-state index >= 15 is 0 Å². The molecule has 4 nitrogen and oxygen atoms in total. The molecule has 2 heterocycles. The van der Waals surface area contributed by atoms with Crippen LogP contribution in [0.15, 0.2) is 42.6 Å². The first-order chi connectivity index (χ1) is 9.05. The Morgan fingerprint density at radius 1 is 1.19 bits per heavy atom. The van der Waals surface area contributed by atoms with Gasteiger partial charge in [0.1, 0.15) is 5.52 Å². The van der Waals surface area contributed by atoms with Crippen LogP contribution in [0.2, 0.25) is 0 Å². The molecule has 0 aliphatic rings. The van der Waals surface area contributed by atoms with Crippen molar-refractivity contribution in [2.24, 2.45) is 0 Å². The van der Waals surface area contributed by atoms with E-state index in [1.54, 1.807) is 10.7 Å². The summed E-state index contributed by atoms with van der Waals surface area (Å²) in [7, 11) is 0. The summed E-state index contributed by atoms with van der Waals surface area (Å²) in [6.07, 6.45) is 1.35. The number of hydrogen-bond acceptors (Lipinski definition) is 3. The van der Waals surface area contributed by atoms with Crippen LogP contribution in [-0.4, -0.2) is 20.0 Å². The highest BCUT2D eigenvalue weighted by molar-refractivity contribution is 5.75. The summed E-state index contributed by atoms with van der Waals surface area (Å²) >= 11 is 0. The number of hydrogen-bond donors (Lipinski definition) is 0. The number of fused-ring (bicyclic) bond motifs is 1. The smallest absolute Gasteiger partial charge is 0.155 e. The van der Waals surface area contributed by atoms with E-state index in [0.717, 1.165) is 11.0 Å². The third-order valence-electron chi connectivity index (χ3n) is 2.32. The predicted molar refractivity (Wildman–Crippen MR) is 61.4 cm³/mol. The molecule has 0 saturated carbocycles. The number of rotatable bonds is 1. The van der Waals surface area contributed by atoms with Crippen LogP contribution in [0.25, 0.3) is 16.9 Å². The number of aryl methyl sites for hydroxylation is 1. The number of aromatic nitrogens is 4. The molecule has 0 aliphatic carbocycles. The van der Waals surface area contributed by atoms with Gasteiger partial charge >= 0.3 is 0 Å². The van der Waals surface area contributed by atoms with E-state index in [1.165, 1.54) is 12.3 Å². The van der Waals surface area contributed by atoms with E-state index in [0.29, 0.717) is 5.82 Å². The van der Waals surface area contributed by atoms with Gasteiger partial charge in [-0.1, -0.05) is 23.4 Å². The highest BCUT2D eigenvalue weighted by atomic mass is 15.4. The van der Waals surface area contributed by atoms with Crippen molar-refractivity contribution >= 4 is 11.0 Å². The number of nitrogens with zero attached hydrogens (tertiary/aromatic N) is 4. The van der Waals surface area contributed by atoms with Gasteiger partial charge in [-0.15, -0.1) is 5.10 Å². The van der Waals surface area contributed by atoms with E-state index in [-0.39, 0.29) is 5.56 Å². The zero-order chi connectivity index (χ0) is 13.5. The van der Waals surface area contributed by atoms with Crippen LogP contribution < -0.4 is 0 Å². The number of para-hydroxylation sites is 1. The maximum absolute atomic E-state index is 7.31. The Labute approximate surface area is 96.8 Å². The molecule has 3 aromatic rings. The lowest BCUT2D eigenvalue weighted by Gasteiger charge is -2.00. The Hall–Kier alpha value is -2.23. The van der Waals surface area contributed by atoms with Crippen LogP contribution in [0.3, 0.4) is 0 Å². The summed E-state index contributed by atoms with van der Waals surface area (Å²) in [5.41, 5.74) is 1.81. The van der Waals surface area contributed by atoms with Crippen LogP contribution in [0, 0.1) is 6.85 Å². The lowest BCUT2D eigenvalue weighted by molar-refractivity contribution is 0.800. The van der Waals surface area contributed by atoms with E-state index in [9.17, 15) is 0 Å². The van der Waals surface area contributed by atoms with Gasteiger partial charge in [0.05, 0.1) is 5.52 Å². The third-order valence-corrected chi connectivity index (χ3v) is 2.32. The first-order valence-corrected chi connectivity index (χ1v) is 4.83. The maximum Gasteiger partial charge on any atom is 0.155 e. The van der Waals surface area contributed by atoms with Gasteiger partial charge in [-0.05, 0) is 30.6 Å². The molecule has 78 valence electrons. The van der Waals surface area contributed by atoms with Crippen LogP contribution in [-0.2, 0) is 0 Å². The molecule has 0 N–H and O–H groups in total. The first-order valence-electron chi connectivity index (χ1n) is 6.33. The molecule has 3 rings (SSSR count). The van der Waals surface area contributed by atoms with Crippen LogP contribution in [0.5, 0.6) is 0 Å². The fourth-order valence-corrected chi connectivity index (χ4v) is 1.55. The van der Waals surface area contributed by atoms with Crippen molar-refractivity contribution in [3.63, 3.8) is 0 Å². The van der Waals surface area contributed by atoms with Crippen molar-refractivity contribution in [2.75, 3.05) is 0 Å². The Morgan fingerprint density at radius 3 is 2.94 bits per heavy atom. The van der Waals surface area contributed by atoms with Crippen LogP contribution >= 0.6 is 0 Å². The second-order valence-electron chi connectivity index (χ2n) is 3.40. The molecule has 1 aromatic carbocycles. The monoisotopic (exact) mass is 213 g/mol. The third kappa shape index (κ3) is 1.35. The highest BCUT2D eigenvalue weighted by Crippen LogP contribution is 2.14. The lowest BCUT2D eigenvalue weighted by atomic mass is 10.3. The van der Waals surface area contributed by atoms with Crippen molar-refractivity contribution in [1.29, 1.82) is 0 Å². The lowest BCUT2D eigenvalue weighted by Crippen LogP contribution is -1.99. The standard InChI is InChI=1S/C12H10N4/c1-9-6-7-12(13-8-9)16-11-5-3-2-4-10(11)14-15-16/h2-8H,1H3/i1D3. The summed E-state index contributed by atoms with van der Waals surface area (Å²) in [5.74, 6) is 0.543. The minimum absolute atomic E-state index is 0.209. The Kier molecular flexibility index (Phi) is 1.36. The summed E-state index contributed by atoms with van der Waals surface area (Å²) in [6.45, 7) is -2.14. The molecule has 0 aliphatic heterocycles. The molecule has 0 unspecified atom stereocenters. The minimum atomic E-state index is -2.14. The molecule has 16 heavy (non-hydrogen) atoms. The Bertz CT molecular complexity index is 716. The molecule has 0 atom stereocenters. The van der Waals surface area contributed by atoms with Crippen LogP contribution in [0.4, 0.5) is 0 Å². The number of pyridine rings is 1. The highest BCUT2D eigenvalue weighted by Gasteiger charge is 2.05. The largest absolute Gasteiger partial charge is 0.237 e. The summed E-state index contributed by atoms with van der Waals surface area (Å²) < 4.78 is 23.5. The maximum atomic E-state index is 7.31. The van der Waals surface area contributed by atoms with Gasteiger partial charge in [-0.3, -0.25) is 0 Å². The molecule has 0 radical (unpaired) electrons. The van der Waals surface area contributed by atoms with E-state index < -0.39 is 6.85 Å². The zero-order valence-corrected chi connectivity index (χ0v) is 8.33. The predicted octanol–water partition coefficient (Wildman–Crippen LogP) is 2.12. The molecule has 0 fully saturated rings. The summed E-state index contributed by atoms with van der Waals surface area (Å²) in [4.78, 5) is 4.14. The van der Waals surface area contributed by atoms with Gasteiger partial charge in [0, 0.05) is 10.3 Å². The van der Waals surface area contributed by atoms with Crippen LogP contribution in [0.1, 0.15) is 9.68 Å². The SMILES string of the molecule is [2H]C([2H])([2H])c1ccc(-n2nnc3ccccc32)nc1. The average molecular weight is 213 g/mol. The Morgan fingerprint density at radius 2 is 2.12 bits per heavy atom. The molecular weight excluding hydrogens is 200 g/mol. The molecule has 0 amide bonds. The average Bonchev–Trinajstić information content (AvgIpc) is 2.82. The minimum Gasteiger partial charge on any atom is -0.237 e. The van der Waals surface area contributed by atoms with Crippen molar-refractivity contribution in [2.45, 2.75) is 6.85 Å². The molecule has 0 bridgehead atoms. The molecule has 0 saturated heterocycles.